The van der Waals surface area contributed by atoms with E-state index in [4.69, 9.17) is 9.47 Å². The molecular weight excluding hydrogens is 368 g/mol. The van der Waals surface area contributed by atoms with Crippen LogP contribution in [0, 0.1) is 0 Å². The Hall–Kier alpha value is -3.80. The number of anilines is 2. The van der Waals surface area contributed by atoms with E-state index in [1.165, 1.54) is 0 Å². The maximum atomic E-state index is 13.1. The van der Waals surface area contributed by atoms with E-state index in [-0.39, 0.29) is 11.8 Å². The first-order valence-corrected chi connectivity index (χ1v) is 9.14. The summed E-state index contributed by atoms with van der Waals surface area (Å²) < 4.78 is 10.5. The minimum Gasteiger partial charge on any atom is -0.497 e. The zero-order valence-corrected chi connectivity index (χ0v) is 16.1. The molecular formula is C23H20N2O4. The highest BCUT2D eigenvalue weighted by Crippen LogP contribution is 2.32. The Morgan fingerprint density at radius 1 is 0.931 bits per heavy atom. The summed E-state index contributed by atoms with van der Waals surface area (Å²) in [6.07, 6.45) is 0. The van der Waals surface area contributed by atoms with Gasteiger partial charge in [-0.05, 0) is 48.0 Å². The average molecular weight is 388 g/mol. The number of carbonyl (C=O) groups excluding carboxylic acids is 2. The van der Waals surface area contributed by atoms with E-state index in [1.54, 1.807) is 55.5 Å². The normalized spacial score (nSPS) is 12.5. The first-order chi connectivity index (χ1) is 14.1. The van der Waals surface area contributed by atoms with Crippen molar-refractivity contribution in [1.29, 1.82) is 0 Å². The molecule has 146 valence electrons. The molecule has 29 heavy (non-hydrogen) atoms. The van der Waals surface area contributed by atoms with Crippen molar-refractivity contribution in [3.05, 3.63) is 83.4 Å². The van der Waals surface area contributed by atoms with Crippen LogP contribution < -0.4 is 19.7 Å². The average Bonchev–Trinajstić information content (AvgIpc) is 3.11. The first-order valence-electron chi connectivity index (χ1n) is 9.14. The molecule has 0 unspecified atom stereocenters. The van der Waals surface area contributed by atoms with Gasteiger partial charge in [0.15, 0.2) is 0 Å². The predicted molar refractivity (Wildman–Crippen MR) is 111 cm³/mol. The summed E-state index contributed by atoms with van der Waals surface area (Å²) in [4.78, 5) is 27.8. The Morgan fingerprint density at radius 2 is 1.69 bits per heavy atom. The molecule has 6 nitrogen and oxygen atoms in total. The van der Waals surface area contributed by atoms with Crippen molar-refractivity contribution in [3.8, 4) is 11.5 Å². The number of carbonyl (C=O) groups is 2. The molecule has 0 bridgehead atoms. The topological polar surface area (TPSA) is 67.9 Å². The lowest BCUT2D eigenvalue weighted by Gasteiger charge is -2.16. The molecule has 3 aromatic carbocycles. The summed E-state index contributed by atoms with van der Waals surface area (Å²) in [6, 6.07) is 19.8. The quantitative estimate of drug-likeness (QED) is 0.714. The van der Waals surface area contributed by atoms with Crippen LogP contribution in [0.1, 0.15) is 26.3 Å². The van der Waals surface area contributed by atoms with E-state index in [1.807, 2.05) is 30.3 Å². The van der Waals surface area contributed by atoms with Crippen LogP contribution in [0.25, 0.3) is 0 Å². The second kappa shape index (κ2) is 7.67. The highest BCUT2D eigenvalue weighted by atomic mass is 16.5. The number of hydrogen-bond donors (Lipinski definition) is 1. The number of nitrogens with zero attached hydrogens (tertiary/aromatic N) is 1. The standard InChI is InChI=1S/C23H20N2O4/c1-28-17-12-10-16(11-13-17)25-14-15-6-5-7-18(21(15)23(25)27)22(26)24-19-8-3-4-9-20(19)29-2/h3-13H,14H2,1-2H3,(H,24,26). The molecule has 0 spiro atoms. The molecule has 0 aliphatic carbocycles. The highest BCUT2D eigenvalue weighted by molar-refractivity contribution is 6.18. The number of methoxy groups -OCH3 is 2. The third-order valence-electron chi connectivity index (χ3n) is 4.92. The Kier molecular flexibility index (Phi) is 4.91. The zero-order chi connectivity index (χ0) is 20.4. The Balaban J connectivity index is 1.64. The first kappa shape index (κ1) is 18.6. The summed E-state index contributed by atoms with van der Waals surface area (Å²) in [5.41, 5.74) is 2.89. The molecule has 2 amide bonds. The van der Waals surface area contributed by atoms with Crippen molar-refractivity contribution in [2.24, 2.45) is 0 Å². The molecule has 0 saturated heterocycles. The SMILES string of the molecule is COc1ccc(N2Cc3cccc(C(=O)Nc4ccccc4OC)c3C2=O)cc1. The van der Waals surface area contributed by atoms with Gasteiger partial charge in [0.1, 0.15) is 11.5 Å². The van der Waals surface area contributed by atoms with E-state index >= 15 is 0 Å². The monoisotopic (exact) mass is 388 g/mol. The second-order valence-corrected chi connectivity index (χ2v) is 6.58. The highest BCUT2D eigenvalue weighted by Gasteiger charge is 2.32. The number of fused-ring (bicyclic) bond motifs is 1. The van der Waals surface area contributed by atoms with Gasteiger partial charge in [0.05, 0.1) is 37.6 Å². The van der Waals surface area contributed by atoms with Gasteiger partial charge in [-0.1, -0.05) is 24.3 Å². The lowest BCUT2D eigenvalue weighted by molar-refractivity contribution is 0.0976. The van der Waals surface area contributed by atoms with Crippen molar-refractivity contribution in [3.63, 3.8) is 0 Å². The van der Waals surface area contributed by atoms with Crippen LogP contribution in [-0.4, -0.2) is 26.0 Å². The van der Waals surface area contributed by atoms with Gasteiger partial charge in [-0.3, -0.25) is 9.59 Å². The largest absolute Gasteiger partial charge is 0.497 e. The van der Waals surface area contributed by atoms with Crippen molar-refractivity contribution in [1.82, 2.24) is 0 Å². The molecule has 0 saturated carbocycles. The molecule has 1 aliphatic rings. The molecule has 1 N–H and O–H groups in total. The molecule has 0 atom stereocenters. The maximum absolute atomic E-state index is 13.1. The van der Waals surface area contributed by atoms with Gasteiger partial charge in [0, 0.05) is 5.69 Å². The Bertz CT molecular complexity index is 1080. The molecule has 3 aromatic rings. The van der Waals surface area contributed by atoms with Gasteiger partial charge >= 0.3 is 0 Å². The number of hydrogen-bond acceptors (Lipinski definition) is 4. The van der Waals surface area contributed by atoms with Crippen LogP contribution in [0.2, 0.25) is 0 Å². The molecule has 4 rings (SSSR count). The number of nitrogens with one attached hydrogen (secondary N) is 1. The fourth-order valence-corrected chi connectivity index (χ4v) is 3.46. The molecule has 0 radical (unpaired) electrons. The van der Waals surface area contributed by atoms with Gasteiger partial charge < -0.3 is 19.7 Å². The zero-order valence-electron chi connectivity index (χ0n) is 16.1. The third-order valence-corrected chi connectivity index (χ3v) is 4.92. The van der Waals surface area contributed by atoms with E-state index in [2.05, 4.69) is 5.32 Å². The Morgan fingerprint density at radius 3 is 2.41 bits per heavy atom. The van der Waals surface area contributed by atoms with Crippen LogP contribution in [0.4, 0.5) is 11.4 Å². The predicted octanol–water partition coefficient (Wildman–Crippen LogP) is 4.12. The summed E-state index contributed by atoms with van der Waals surface area (Å²) in [5, 5.41) is 2.85. The fraction of sp³-hybridized carbons (Fsp3) is 0.130. The summed E-state index contributed by atoms with van der Waals surface area (Å²) in [6.45, 7) is 0.413. The second-order valence-electron chi connectivity index (χ2n) is 6.58. The van der Waals surface area contributed by atoms with Crippen molar-refractivity contribution < 1.29 is 19.1 Å². The van der Waals surface area contributed by atoms with Gasteiger partial charge in [-0.2, -0.15) is 0 Å². The molecule has 6 heteroatoms. The van der Waals surface area contributed by atoms with Gasteiger partial charge in [-0.15, -0.1) is 0 Å². The van der Waals surface area contributed by atoms with Crippen LogP contribution in [-0.2, 0) is 6.54 Å². The van der Waals surface area contributed by atoms with Crippen molar-refractivity contribution >= 4 is 23.2 Å². The number of ether oxygens (including phenoxy) is 2. The number of benzene rings is 3. The lowest BCUT2D eigenvalue weighted by Crippen LogP contribution is -2.24. The van der Waals surface area contributed by atoms with Gasteiger partial charge in [-0.25, -0.2) is 0 Å². The van der Waals surface area contributed by atoms with Crippen molar-refractivity contribution in [2.75, 3.05) is 24.4 Å². The molecule has 1 aliphatic heterocycles. The van der Waals surface area contributed by atoms with Crippen molar-refractivity contribution in [2.45, 2.75) is 6.54 Å². The van der Waals surface area contributed by atoms with Crippen LogP contribution in [0.5, 0.6) is 11.5 Å². The van der Waals surface area contributed by atoms with Gasteiger partial charge in [0.25, 0.3) is 11.8 Å². The lowest BCUT2D eigenvalue weighted by atomic mass is 10.0. The van der Waals surface area contributed by atoms with E-state index in [0.717, 1.165) is 17.0 Å². The summed E-state index contributed by atoms with van der Waals surface area (Å²) >= 11 is 0. The minimum atomic E-state index is -0.351. The number of para-hydroxylation sites is 2. The molecule has 0 aromatic heterocycles. The minimum absolute atomic E-state index is 0.198. The molecule has 1 heterocycles. The van der Waals surface area contributed by atoms with Crippen LogP contribution in [0.15, 0.2) is 66.7 Å². The summed E-state index contributed by atoms with van der Waals surface area (Å²) in [5.74, 6) is 0.724. The van der Waals surface area contributed by atoms with Gasteiger partial charge in [0.2, 0.25) is 0 Å². The van der Waals surface area contributed by atoms with E-state index in [9.17, 15) is 9.59 Å². The van der Waals surface area contributed by atoms with Crippen LogP contribution >= 0.6 is 0 Å². The molecule has 0 fully saturated rings. The maximum Gasteiger partial charge on any atom is 0.259 e. The number of rotatable bonds is 5. The Labute approximate surface area is 168 Å². The summed E-state index contributed by atoms with van der Waals surface area (Å²) in [7, 11) is 3.14. The van der Waals surface area contributed by atoms with Crippen LogP contribution in [0.3, 0.4) is 0 Å². The van der Waals surface area contributed by atoms with E-state index in [0.29, 0.717) is 29.1 Å². The van der Waals surface area contributed by atoms with E-state index < -0.39 is 0 Å². The number of amides is 2. The fourth-order valence-electron chi connectivity index (χ4n) is 3.46. The third kappa shape index (κ3) is 3.40. The smallest absolute Gasteiger partial charge is 0.259 e.